The van der Waals surface area contributed by atoms with Crippen LogP contribution >= 0.6 is 27.3 Å². The van der Waals surface area contributed by atoms with Crippen molar-refractivity contribution in [2.75, 3.05) is 5.32 Å². The van der Waals surface area contributed by atoms with E-state index in [9.17, 15) is 8.42 Å². The van der Waals surface area contributed by atoms with Gasteiger partial charge in [0.2, 0.25) is 14.9 Å². The third-order valence-corrected chi connectivity index (χ3v) is 7.72. The molecule has 1 N–H and O–H groups in total. The van der Waals surface area contributed by atoms with E-state index in [1.54, 1.807) is 12.1 Å². The van der Waals surface area contributed by atoms with Gasteiger partial charge in [-0.1, -0.05) is 38.8 Å². The molecule has 0 spiro atoms. The zero-order chi connectivity index (χ0) is 20.9. The second-order valence-corrected chi connectivity index (χ2v) is 10.4. The van der Waals surface area contributed by atoms with E-state index in [2.05, 4.69) is 36.5 Å². The zero-order valence-electron chi connectivity index (χ0n) is 15.6. The van der Waals surface area contributed by atoms with E-state index in [1.165, 1.54) is 28.0 Å². The summed E-state index contributed by atoms with van der Waals surface area (Å²) in [7, 11) is -3.89. The Hall–Kier alpha value is -2.82. The van der Waals surface area contributed by atoms with Crippen molar-refractivity contribution >= 4 is 64.5 Å². The highest BCUT2D eigenvalue weighted by atomic mass is 79.9. The molecule has 0 atom stereocenters. The summed E-state index contributed by atoms with van der Waals surface area (Å²) in [5.74, 6) is 0.561. The molecule has 0 bridgehead atoms. The van der Waals surface area contributed by atoms with Gasteiger partial charge in [0.05, 0.1) is 15.1 Å². The van der Waals surface area contributed by atoms with Crippen molar-refractivity contribution in [2.24, 2.45) is 0 Å². The first-order chi connectivity index (χ1) is 14.4. The van der Waals surface area contributed by atoms with Crippen molar-refractivity contribution in [3.05, 3.63) is 70.0 Å². The van der Waals surface area contributed by atoms with Gasteiger partial charge in [-0.3, -0.25) is 0 Å². The van der Waals surface area contributed by atoms with Crippen LogP contribution in [0.5, 0.6) is 0 Å². The molecule has 0 radical (unpaired) electrons. The van der Waals surface area contributed by atoms with Gasteiger partial charge in [-0.05, 0) is 54.8 Å². The van der Waals surface area contributed by atoms with Gasteiger partial charge in [0, 0.05) is 10.2 Å². The lowest BCUT2D eigenvalue weighted by atomic mass is 10.2. The largest absolute Gasteiger partial charge is 0.339 e. The summed E-state index contributed by atoms with van der Waals surface area (Å²) >= 11 is 4.82. The third kappa shape index (κ3) is 3.17. The van der Waals surface area contributed by atoms with Gasteiger partial charge in [0.25, 0.3) is 0 Å². The van der Waals surface area contributed by atoms with Crippen LogP contribution in [-0.2, 0) is 9.84 Å². The lowest BCUT2D eigenvalue weighted by Gasteiger charge is -2.08. The van der Waals surface area contributed by atoms with Crippen molar-refractivity contribution in [1.29, 1.82) is 0 Å². The normalized spacial score (nSPS) is 11.9. The maximum absolute atomic E-state index is 13.2. The number of rotatable bonds is 4. The molecule has 3 aromatic heterocycles. The van der Waals surface area contributed by atoms with Crippen LogP contribution in [0.4, 0.5) is 11.5 Å². The summed E-state index contributed by atoms with van der Waals surface area (Å²) in [5.41, 5.74) is 2.92. The molecule has 0 aliphatic rings. The van der Waals surface area contributed by atoms with E-state index in [0.29, 0.717) is 5.82 Å². The Morgan fingerprint density at radius 3 is 2.50 bits per heavy atom. The Morgan fingerprint density at radius 1 is 1.03 bits per heavy atom. The van der Waals surface area contributed by atoms with Crippen LogP contribution in [0.15, 0.2) is 74.4 Å². The zero-order valence-corrected chi connectivity index (χ0v) is 18.8. The number of nitrogens with one attached hydrogen (secondary N) is 1. The molecule has 150 valence electrons. The molecule has 0 aliphatic carbocycles. The average molecular weight is 500 g/mol. The number of sulfone groups is 1. The van der Waals surface area contributed by atoms with E-state index >= 15 is 0 Å². The van der Waals surface area contributed by atoms with Gasteiger partial charge >= 0.3 is 0 Å². The molecule has 2 aromatic carbocycles. The number of halogens is 1. The van der Waals surface area contributed by atoms with Gasteiger partial charge in [-0.15, -0.1) is 16.4 Å². The van der Waals surface area contributed by atoms with Crippen molar-refractivity contribution in [2.45, 2.75) is 16.8 Å². The number of aromatic nitrogens is 4. The maximum atomic E-state index is 13.2. The fourth-order valence-corrected chi connectivity index (χ4v) is 5.40. The molecule has 0 amide bonds. The number of hydrogen-bond acceptors (Lipinski definition) is 7. The fraction of sp³-hybridized carbons (Fsp3) is 0.0500. The van der Waals surface area contributed by atoms with E-state index in [1.807, 2.05) is 42.6 Å². The number of benzene rings is 2. The SMILES string of the molecule is Cc1ccc(Nc2nc3c(S(=O)(=O)c4ccc(Br)cc4)nnn3c3ccsc23)cc1. The predicted octanol–water partition coefficient (Wildman–Crippen LogP) is 4.99. The molecule has 10 heteroatoms. The molecule has 5 rings (SSSR count). The first kappa shape index (κ1) is 19.2. The van der Waals surface area contributed by atoms with E-state index < -0.39 is 9.84 Å². The Bertz CT molecular complexity index is 1490. The Kier molecular flexibility index (Phi) is 4.57. The van der Waals surface area contributed by atoms with Gasteiger partial charge in [-0.2, -0.15) is 4.52 Å². The summed E-state index contributed by atoms with van der Waals surface area (Å²) in [6.07, 6.45) is 0. The summed E-state index contributed by atoms with van der Waals surface area (Å²) in [6, 6.07) is 16.2. The molecule has 0 saturated carbocycles. The molecule has 7 nitrogen and oxygen atoms in total. The van der Waals surface area contributed by atoms with Crippen LogP contribution in [0.3, 0.4) is 0 Å². The highest BCUT2D eigenvalue weighted by Gasteiger charge is 2.27. The maximum Gasteiger partial charge on any atom is 0.229 e. The highest BCUT2D eigenvalue weighted by Crippen LogP contribution is 2.32. The fourth-order valence-electron chi connectivity index (χ4n) is 3.08. The predicted molar refractivity (Wildman–Crippen MR) is 120 cm³/mol. The number of aryl methyl sites for hydroxylation is 1. The number of fused-ring (bicyclic) bond motifs is 3. The van der Waals surface area contributed by atoms with Crippen molar-refractivity contribution < 1.29 is 8.42 Å². The van der Waals surface area contributed by atoms with Crippen molar-refractivity contribution in [3.63, 3.8) is 0 Å². The molecular weight excluding hydrogens is 486 g/mol. The monoisotopic (exact) mass is 499 g/mol. The van der Waals surface area contributed by atoms with E-state index in [0.717, 1.165) is 25.9 Å². The first-order valence-corrected chi connectivity index (χ1v) is 12.1. The minimum absolute atomic E-state index is 0.133. The first-order valence-electron chi connectivity index (χ1n) is 8.90. The van der Waals surface area contributed by atoms with Crippen LogP contribution in [0, 0.1) is 6.92 Å². The van der Waals surface area contributed by atoms with Gasteiger partial charge in [0.1, 0.15) is 0 Å². The van der Waals surface area contributed by atoms with E-state index in [4.69, 9.17) is 0 Å². The summed E-state index contributed by atoms with van der Waals surface area (Å²) in [5, 5.41) is 13.1. The van der Waals surface area contributed by atoms with Gasteiger partial charge < -0.3 is 5.32 Å². The molecule has 0 aliphatic heterocycles. The van der Waals surface area contributed by atoms with Crippen molar-refractivity contribution in [3.8, 4) is 0 Å². The Labute approximate surface area is 184 Å². The Balaban J connectivity index is 1.70. The van der Waals surface area contributed by atoms with Crippen LogP contribution in [0.2, 0.25) is 0 Å². The Morgan fingerprint density at radius 2 is 1.77 bits per heavy atom. The van der Waals surface area contributed by atoms with Gasteiger partial charge in [0.15, 0.2) is 11.5 Å². The molecule has 5 aromatic rings. The quantitative estimate of drug-likeness (QED) is 0.374. The number of hydrogen-bond donors (Lipinski definition) is 1. The summed E-state index contributed by atoms with van der Waals surface area (Å²) in [6.45, 7) is 2.02. The van der Waals surface area contributed by atoms with Crippen LogP contribution in [0.25, 0.3) is 15.9 Å². The van der Waals surface area contributed by atoms with Gasteiger partial charge in [-0.25, -0.2) is 13.4 Å². The molecular formula is C20H14BrN5O2S2. The molecule has 0 fully saturated rings. The number of anilines is 2. The highest BCUT2D eigenvalue weighted by molar-refractivity contribution is 9.10. The second kappa shape index (κ2) is 7.15. The minimum atomic E-state index is -3.89. The third-order valence-electron chi connectivity index (χ3n) is 4.62. The van der Waals surface area contributed by atoms with E-state index in [-0.39, 0.29) is 15.6 Å². The summed E-state index contributed by atoms with van der Waals surface area (Å²) in [4.78, 5) is 4.74. The lowest BCUT2D eigenvalue weighted by molar-refractivity contribution is 0.592. The summed E-state index contributed by atoms with van der Waals surface area (Å²) < 4.78 is 29.5. The smallest absolute Gasteiger partial charge is 0.229 e. The van der Waals surface area contributed by atoms with Crippen LogP contribution in [0.1, 0.15) is 5.56 Å². The molecule has 0 unspecified atom stereocenters. The van der Waals surface area contributed by atoms with Crippen LogP contribution in [-0.4, -0.2) is 28.2 Å². The topological polar surface area (TPSA) is 89.2 Å². The minimum Gasteiger partial charge on any atom is -0.339 e. The second-order valence-electron chi connectivity index (χ2n) is 6.67. The molecule has 3 heterocycles. The van der Waals surface area contributed by atoms with Crippen molar-refractivity contribution in [1.82, 2.24) is 19.8 Å². The average Bonchev–Trinajstić information content (AvgIpc) is 3.37. The number of thiophene rings is 1. The van der Waals surface area contributed by atoms with Crippen LogP contribution < -0.4 is 5.32 Å². The number of nitrogens with zero attached hydrogens (tertiary/aromatic N) is 4. The molecule has 30 heavy (non-hydrogen) atoms. The standard InChI is InChI=1S/C20H14BrN5O2S2/c1-12-2-6-14(7-3-12)22-18-17-16(10-11-29-17)26-19(23-18)20(24-25-26)30(27,28)15-8-4-13(21)5-9-15/h2-11H,1H3,(H,22,23). The molecule has 0 saturated heterocycles. The lowest BCUT2D eigenvalue weighted by Crippen LogP contribution is -2.05.